The summed E-state index contributed by atoms with van der Waals surface area (Å²) in [5.41, 5.74) is 0. The van der Waals surface area contributed by atoms with Crippen LogP contribution in [-0.2, 0) is 0 Å². The normalized spacial score (nSPS) is 7.80. The van der Waals surface area contributed by atoms with Gasteiger partial charge in [-0.3, -0.25) is 0 Å². The second-order valence-electron chi connectivity index (χ2n) is 0.577. The maximum atomic E-state index is 2.43. The van der Waals surface area contributed by atoms with Crippen LogP contribution in [-0.4, -0.2) is 61.0 Å². The van der Waals surface area contributed by atoms with Crippen molar-refractivity contribution >= 4 is 61.0 Å². The third-order valence-electron chi connectivity index (χ3n) is 0.222. The Morgan fingerprint density at radius 2 is 2.20 bits per heavy atom. The van der Waals surface area contributed by atoms with Crippen molar-refractivity contribution < 1.29 is 0 Å². The first-order valence-electron chi connectivity index (χ1n) is 1.33. The first kappa shape index (κ1) is 7.35. The van der Waals surface area contributed by atoms with Crippen molar-refractivity contribution in [2.24, 2.45) is 0 Å². The fourth-order valence-corrected chi connectivity index (χ4v) is 19.4. The molecule has 0 amide bonds. The molecule has 0 fully saturated rings. The van der Waals surface area contributed by atoms with Crippen LogP contribution in [0.25, 0.3) is 0 Å². The van der Waals surface area contributed by atoms with Crippen LogP contribution < -0.4 is 0 Å². The summed E-state index contributed by atoms with van der Waals surface area (Å²) in [5.74, 6) is 0. The van der Waals surface area contributed by atoms with E-state index in [4.69, 9.17) is 0 Å². The van der Waals surface area contributed by atoms with Crippen LogP contribution in [0.3, 0.4) is 0 Å². The number of hydrogen-bond acceptors (Lipinski definition) is 0. The molecule has 0 nitrogen and oxygen atoms in total. The van der Waals surface area contributed by atoms with Gasteiger partial charge in [-0.05, 0) is 0 Å². The SMILES string of the molecule is [In]/[CH]=[CH]\[In]=[In]. The van der Waals surface area contributed by atoms with E-state index in [1.807, 2.05) is 0 Å². The van der Waals surface area contributed by atoms with E-state index in [0.29, 0.717) is 0 Å². The van der Waals surface area contributed by atoms with E-state index in [9.17, 15) is 0 Å². The Bertz CT molecular complexity index is 46.9. The Morgan fingerprint density at radius 1 is 1.60 bits per heavy atom. The van der Waals surface area contributed by atoms with Gasteiger partial charge in [-0.25, -0.2) is 0 Å². The molecule has 0 aliphatic heterocycles. The molecule has 0 spiro atoms. The van der Waals surface area contributed by atoms with Crippen LogP contribution in [0.4, 0.5) is 0 Å². The summed E-state index contributed by atoms with van der Waals surface area (Å²) in [6.07, 6.45) is 0. The first-order valence-corrected chi connectivity index (χ1v) is 19.8. The zero-order chi connectivity index (χ0) is 4.12. The van der Waals surface area contributed by atoms with E-state index in [1.165, 1.54) is 24.4 Å². The Balaban J connectivity index is 2.92. The van der Waals surface area contributed by atoms with Crippen molar-refractivity contribution in [3.05, 3.63) is 7.67 Å². The number of rotatable bonds is 1. The maximum absolute atomic E-state index is 2.43. The van der Waals surface area contributed by atoms with E-state index < -0.39 is 0 Å². The minimum atomic E-state index is 0.0537. The van der Waals surface area contributed by atoms with Gasteiger partial charge in [0, 0.05) is 0 Å². The third-order valence-corrected chi connectivity index (χ3v) is 10.0. The van der Waals surface area contributed by atoms with Gasteiger partial charge in [-0.1, -0.05) is 0 Å². The summed E-state index contributed by atoms with van der Waals surface area (Å²) in [7, 11) is 0. The minimum absolute atomic E-state index is 0.0537. The molecular weight excluding hydrogens is 368 g/mol. The van der Waals surface area contributed by atoms with Crippen molar-refractivity contribution in [2.45, 2.75) is 0 Å². The number of hydrogen-bond donors (Lipinski definition) is 0. The van der Waals surface area contributed by atoms with E-state index in [-0.39, 0.29) is 17.6 Å². The zero-order valence-electron chi connectivity index (χ0n) is 2.89. The van der Waals surface area contributed by atoms with Gasteiger partial charge in [0.15, 0.2) is 0 Å². The third kappa shape index (κ3) is 6.35. The molecule has 0 rings (SSSR count). The Morgan fingerprint density at radius 3 is 2.20 bits per heavy atom. The van der Waals surface area contributed by atoms with Crippen LogP contribution in [0.5, 0.6) is 0 Å². The molecule has 0 saturated carbocycles. The molecule has 0 N–H and O–H groups in total. The average molecular weight is 370 g/mol. The Hall–Kier alpha value is 2.35. The van der Waals surface area contributed by atoms with E-state index in [1.54, 1.807) is 19.1 Å². The topological polar surface area (TPSA) is 0 Å². The summed E-state index contributed by atoms with van der Waals surface area (Å²) in [4.78, 5) is 0. The van der Waals surface area contributed by atoms with Crippen LogP contribution in [0, 0.1) is 0 Å². The van der Waals surface area contributed by atoms with Crippen LogP contribution in [0.15, 0.2) is 7.67 Å². The predicted molar refractivity (Wildman–Crippen MR) is 26.4 cm³/mol. The standard InChI is InChI=1S/C2H2.3In/c1-2;;;/h1-2H;;;. The summed E-state index contributed by atoms with van der Waals surface area (Å²) in [6.45, 7) is 0. The predicted octanol–water partition coefficient (Wildman–Crippen LogP) is -0.586. The summed E-state index contributed by atoms with van der Waals surface area (Å²) >= 11 is 2.97. The monoisotopic (exact) mass is 371 g/mol. The summed E-state index contributed by atoms with van der Waals surface area (Å²) in [5, 5.41) is 0. The molecule has 0 heterocycles. The van der Waals surface area contributed by atoms with Crippen LogP contribution in [0.2, 0.25) is 0 Å². The Labute approximate surface area is 67.1 Å². The van der Waals surface area contributed by atoms with E-state index in [2.05, 4.69) is 7.67 Å². The molecule has 3 radical (unpaired) electrons. The van der Waals surface area contributed by atoms with Crippen molar-refractivity contribution in [1.82, 2.24) is 0 Å². The van der Waals surface area contributed by atoms with Crippen molar-refractivity contribution in [3.63, 3.8) is 0 Å². The van der Waals surface area contributed by atoms with Crippen LogP contribution >= 0.6 is 0 Å². The molecule has 0 aromatic heterocycles. The molecular formula is C2H2In3. The molecule has 0 aliphatic rings. The van der Waals surface area contributed by atoms with Gasteiger partial charge in [0.25, 0.3) is 0 Å². The summed E-state index contributed by atoms with van der Waals surface area (Å²) in [6, 6.07) is 0. The summed E-state index contributed by atoms with van der Waals surface area (Å²) < 4.78 is 4.73. The van der Waals surface area contributed by atoms with Gasteiger partial charge >= 0.3 is 68.7 Å². The molecule has 19 valence electrons. The van der Waals surface area contributed by atoms with Gasteiger partial charge in [0.1, 0.15) is 0 Å². The van der Waals surface area contributed by atoms with Crippen molar-refractivity contribution in [2.75, 3.05) is 0 Å². The molecule has 0 aromatic carbocycles. The first-order chi connectivity index (χ1) is 2.41. The molecule has 0 aromatic rings. The van der Waals surface area contributed by atoms with Gasteiger partial charge in [0.05, 0.1) is 0 Å². The quantitative estimate of drug-likeness (QED) is 0.579. The van der Waals surface area contributed by atoms with Crippen LogP contribution in [0.1, 0.15) is 0 Å². The second kappa shape index (κ2) is 6.35. The molecule has 0 saturated heterocycles. The molecule has 0 unspecified atom stereocenters. The fraction of sp³-hybridized carbons (Fsp3) is 0. The molecule has 0 bridgehead atoms. The molecule has 3 heteroatoms. The van der Waals surface area contributed by atoms with Crippen molar-refractivity contribution in [1.29, 1.82) is 0 Å². The average Bonchev–Trinajstić information content (AvgIpc) is 1.41. The molecule has 5 heavy (non-hydrogen) atoms. The van der Waals surface area contributed by atoms with E-state index in [0.717, 1.165) is 0 Å². The van der Waals surface area contributed by atoms with Gasteiger partial charge in [-0.15, -0.1) is 0 Å². The van der Waals surface area contributed by atoms with E-state index >= 15 is 0 Å². The van der Waals surface area contributed by atoms with Gasteiger partial charge < -0.3 is 0 Å². The van der Waals surface area contributed by atoms with Crippen molar-refractivity contribution in [3.8, 4) is 0 Å². The van der Waals surface area contributed by atoms with Gasteiger partial charge in [0.2, 0.25) is 0 Å². The second-order valence-corrected chi connectivity index (χ2v) is 11.2. The van der Waals surface area contributed by atoms with Gasteiger partial charge in [-0.2, -0.15) is 0 Å². The molecule has 0 atom stereocenters. The molecule has 0 aliphatic carbocycles. The Kier molecular flexibility index (Phi) is 9.34. The fourth-order valence-electron chi connectivity index (χ4n) is 0.0642. The zero-order valence-corrected chi connectivity index (χ0v) is 12.8.